The van der Waals surface area contributed by atoms with E-state index in [1.165, 1.54) is 0 Å². The van der Waals surface area contributed by atoms with Crippen molar-refractivity contribution in [3.63, 3.8) is 0 Å². The topological polar surface area (TPSA) is 68.8 Å². The number of hydrazine groups is 1. The van der Waals surface area contributed by atoms with Crippen molar-refractivity contribution in [2.24, 2.45) is 5.84 Å². The molecule has 2 rings (SSSR count). The molecule has 0 aromatic carbocycles. The molecule has 1 unspecified atom stereocenters. The quantitative estimate of drug-likeness (QED) is 0.577. The molecule has 2 heterocycles. The molecule has 2 aromatic heterocycles. The summed E-state index contributed by atoms with van der Waals surface area (Å²) in [6.45, 7) is 4.39. The van der Waals surface area contributed by atoms with Gasteiger partial charge in [0.15, 0.2) is 0 Å². The number of hydrogen-bond acceptors (Lipinski definition) is 4. The van der Waals surface area contributed by atoms with Crippen molar-refractivity contribution in [2.75, 3.05) is 0 Å². The highest BCUT2D eigenvalue weighted by Crippen LogP contribution is 2.15. The van der Waals surface area contributed by atoms with Gasteiger partial charge in [-0.25, -0.2) is 0 Å². The van der Waals surface area contributed by atoms with E-state index in [1.807, 2.05) is 24.4 Å². The highest BCUT2D eigenvalue weighted by Gasteiger charge is 2.13. The zero-order valence-corrected chi connectivity index (χ0v) is 12.9. The largest absolute Gasteiger partial charge is 0.271 e. The summed E-state index contributed by atoms with van der Waals surface area (Å²) in [4.78, 5) is 4.35. The maximum Gasteiger partial charge on any atom is 0.0640 e. The Balaban J connectivity index is 1.99. The number of nitrogens with two attached hydrogens (primary N) is 1. The van der Waals surface area contributed by atoms with E-state index in [1.54, 1.807) is 0 Å². The number of nitrogens with zero attached hydrogens (tertiary/aromatic N) is 3. The third-order valence-corrected chi connectivity index (χ3v) is 3.85. The maximum absolute atomic E-state index is 5.68. The van der Waals surface area contributed by atoms with E-state index in [0.29, 0.717) is 6.04 Å². The Morgan fingerprint density at radius 2 is 1.90 bits per heavy atom. The molecule has 114 valence electrons. The van der Waals surface area contributed by atoms with E-state index in [9.17, 15) is 0 Å². The first-order valence-electron chi connectivity index (χ1n) is 7.66. The average molecular weight is 287 g/mol. The summed E-state index contributed by atoms with van der Waals surface area (Å²) in [5, 5.41) is 4.68. The molecule has 0 aliphatic carbocycles. The highest BCUT2D eigenvalue weighted by atomic mass is 15.3. The standard InChI is InChI=1S/C16H25N5/c1-3-16(4-2)21-10-8-14(20-21)12-15(19-17)11-13-7-5-6-9-18-13/h5-10,15-16,19H,3-4,11-12,17H2,1-2H3. The van der Waals surface area contributed by atoms with E-state index < -0.39 is 0 Å². The number of hydrogen-bond donors (Lipinski definition) is 2. The molecular formula is C16H25N5. The van der Waals surface area contributed by atoms with E-state index in [4.69, 9.17) is 5.84 Å². The van der Waals surface area contributed by atoms with Crippen molar-refractivity contribution in [1.82, 2.24) is 20.2 Å². The first-order valence-corrected chi connectivity index (χ1v) is 7.66. The Hall–Kier alpha value is -1.72. The predicted octanol–water partition coefficient (Wildman–Crippen LogP) is 2.26. The van der Waals surface area contributed by atoms with Crippen LogP contribution in [-0.2, 0) is 12.8 Å². The van der Waals surface area contributed by atoms with Crippen molar-refractivity contribution in [2.45, 2.75) is 51.6 Å². The summed E-state index contributed by atoms with van der Waals surface area (Å²) < 4.78 is 2.07. The molecule has 21 heavy (non-hydrogen) atoms. The minimum absolute atomic E-state index is 0.143. The Bertz CT molecular complexity index is 518. The fourth-order valence-electron chi connectivity index (χ4n) is 2.57. The van der Waals surface area contributed by atoms with Crippen LogP contribution in [0.1, 0.15) is 44.1 Å². The molecular weight excluding hydrogens is 262 g/mol. The van der Waals surface area contributed by atoms with Crippen LogP contribution < -0.4 is 11.3 Å². The summed E-state index contributed by atoms with van der Waals surface area (Å²) in [5.41, 5.74) is 4.99. The molecule has 0 aliphatic rings. The van der Waals surface area contributed by atoms with Gasteiger partial charge in [0, 0.05) is 37.0 Å². The van der Waals surface area contributed by atoms with Gasteiger partial charge in [-0.1, -0.05) is 19.9 Å². The van der Waals surface area contributed by atoms with Crippen molar-refractivity contribution in [3.05, 3.63) is 48.0 Å². The molecule has 0 amide bonds. The van der Waals surface area contributed by atoms with Gasteiger partial charge in [-0.15, -0.1) is 0 Å². The van der Waals surface area contributed by atoms with Gasteiger partial charge in [-0.05, 0) is 31.0 Å². The zero-order valence-electron chi connectivity index (χ0n) is 12.9. The molecule has 0 radical (unpaired) electrons. The fraction of sp³-hybridized carbons (Fsp3) is 0.500. The monoisotopic (exact) mass is 287 g/mol. The van der Waals surface area contributed by atoms with Crippen molar-refractivity contribution < 1.29 is 0 Å². The van der Waals surface area contributed by atoms with Gasteiger partial charge in [-0.3, -0.25) is 20.9 Å². The molecule has 0 saturated carbocycles. The molecule has 2 aromatic rings. The van der Waals surface area contributed by atoms with Gasteiger partial charge in [0.25, 0.3) is 0 Å². The average Bonchev–Trinajstić information content (AvgIpc) is 2.97. The molecule has 1 atom stereocenters. The van der Waals surface area contributed by atoms with E-state index in [-0.39, 0.29) is 6.04 Å². The van der Waals surface area contributed by atoms with Crippen LogP contribution in [-0.4, -0.2) is 20.8 Å². The molecule has 3 N–H and O–H groups in total. The summed E-state index contributed by atoms with van der Waals surface area (Å²) in [6, 6.07) is 8.65. The zero-order chi connectivity index (χ0) is 15.1. The van der Waals surface area contributed by atoms with Crippen LogP contribution in [0.3, 0.4) is 0 Å². The second-order valence-electron chi connectivity index (χ2n) is 5.35. The number of aromatic nitrogens is 3. The second-order valence-corrected chi connectivity index (χ2v) is 5.35. The Morgan fingerprint density at radius 1 is 1.14 bits per heavy atom. The molecule has 0 bridgehead atoms. The first-order chi connectivity index (χ1) is 10.3. The Labute approximate surface area is 126 Å². The van der Waals surface area contributed by atoms with Crippen molar-refractivity contribution in [3.8, 4) is 0 Å². The van der Waals surface area contributed by atoms with Crippen LogP contribution in [0, 0.1) is 0 Å². The van der Waals surface area contributed by atoms with Gasteiger partial charge in [0.2, 0.25) is 0 Å². The number of pyridine rings is 1. The lowest BCUT2D eigenvalue weighted by Gasteiger charge is -2.15. The lowest BCUT2D eigenvalue weighted by Crippen LogP contribution is -2.38. The van der Waals surface area contributed by atoms with Gasteiger partial charge in [-0.2, -0.15) is 5.10 Å². The van der Waals surface area contributed by atoms with Crippen LogP contribution in [0.25, 0.3) is 0 Å². The second kappa shape index (κ2) is 7.90. The Kier molecular flexibility index (Phi) is 5.90. The third kappa shape index (κ3) is 4.37. The number of rotatable bonds is 8. The normalized spacial score (nSPS) is 12.8. The van der Waals surface area contributed by atoms with E-state index in [2.05, 4.69) is 46.3 Å². The number of nitrogens with one attached hydrogen (secondary N) is 1. The highest BCUT2D eigenvalue weighted by molar-refractivity contribution is 5.08. The molecule has 0 saturated heterocycles. The fourth-order valence-corrected chi connectivity index (χ4v) is 2.57. The SMILES string of the molecule is CCC(CC)n1ccc(CC(Cc2ccccn2)NN)n1. The lowest BCUT2D eigenvalue weighted by molar-refractivity contribution is 0.421. The van der Waals surface area contributed by atoms with Gasteiger partial charge in [0.05, 0.1) is 11.7 Å². The smallest absolute Gasteiger partial charge is 0.0640 e. The van der Waals surface area contributed by atoms with Crippen molar-refractivity contribution in [1.29, 1.82) is 0 Å². The molecule has 0 fully saturated rings. The van der Waals surface area contributed by atoms with Crippen LogP contribution in [0.4, 0.5) is 0 Å². The van der Waals surface area contributed by atoms with Crippen LogP contribution in [0.5, 0.6) is 0 Å². The summed E-state index contributed by atoms with van der Waals surface area (Å²) >= 11 is 0. The maximum atomic E-state index is 5.68. The molecule has 5 heteroatoms. The van der Waals surface area contributed by atoms with E-state index in [0.717, 1.165) is 37.1 Å². The van der Waals surface area contributed by atoms with Gasteiger partial charge < -0.3 is 0 Å². The molecule has 0 spiro atoms. The van der Waals surface area contributed by atoms with Crippen LogP contribution in [0.15, 0.2) is 36.7 Å². The summed E-state index contributed by atoms with van der Waals surface area (Å²) in [5.74, 6) is 5.68. The summed E-state index contributed by atoms with van der Waals surface area (Å²) in [6.07, 6.45) is 7.69. The van der Waals surface area contributed by atoms with Gasteiger partial charge in [0.1, 0.15) is 0 Å². The minimum atomic E-state index is 0.143. The van der Waals surface area contributed by atoms with Gasteiger partial charge >= 0.3 is 0 Å². The lowest BCUT2D eigenvalue weighted by atomic mass is 10.1. The minimum Gasteiger partial charge on any atom is -0.271 e. The molecule has 0 aliphatic heterocycles. The predicted molar refractivity (Wildman–Crippen MR) is 84.6 cm³/mol. The van der Waals surface area contributed by atoms with E-state index >= 15 is 0 Å². The Morgan fingerprint density at radius 3 is 2.52 bits per heavy atom. The first kappa shape index (κ1) is 15.7. The van der Waals surface area contributed by atoms with Crippen molar-refractivity contribution >= 4 is 0 Å². The molecule has 5 nitrogen and oxygen atoms in total. The van der Waals surface area contributed by atoms with Crippen LogP contribution in [0.2, 0.25) is 0 Å². The third-order valence-electron chi connectivity index (χ3n) is 3.85. The summed E-state index contributed by atoms with van der Waals surface area (Å²) in [7, 11) is 0. The van der Waals surface area contributed by atoms with Crippen LogP contribution >= 0.6 is 0 Å².